The van der Waals surface area contributed by atoms with Crippen molar-refractivity contribution in [3.8, 4) is 0 Å². The Hall–Kier alpha value is -1.61. The van der Waals surface area contributed by atoms with Gasteiger partial charge < -0.3 is 5.73 Å². The number of aromatic nitrogens is 2. The van der Waals surface area contributed by atoms with Gasteiger partial charge in [0.15, 0.2) is 0 Å². The van der Waals surface area contributed by atoms with E-state index in [-0.39, 0.29) is 0 Å². The predicted octanol–water partition coefficient (Wildman–Crippen LogP) is 2.92. The first-order valence-electron chi connectivity index (χ1n) is 6.83. The Morgan fingerprint density at radius 3 is 2.53 bits per heavy atom. The Bertz CT molecular complexity index is 569. The van der Waals surface area contributed by atoms with E-state index in [1.165, 1.54) is 22.4 Å². The molecule has 0 spiro atoms. The normalized spacial score (nSPS) is 12.7. The third-order valence-electron chi connectivity index (χ3n) is 3.87. The van der Waals surface area contributed by atoms with E-state index < -0.39 is 0 Å². The van der Waals surface area contributed by atoms with Crippen LogP contribution in [0.25, 0.3) is 0 Å². The molecule has 1 atom stereocenters. The van der Waals surface area contributed by atoms with Crippen molar-refractivity contribution in [1.82, 2.24) is 9.78 Å². The molecule has 102 valence electrons. The van der Waals surface area contributed by atoms with Crippen LogP contribution in [0.2, 0.25) is 0 Å². The lowest BCUT2D eigenvalue weighted by Crippen LogP contribution is -2.11. The topological polar surface area (TPSA) is 43.8 Å². The van der Waals surface area contributed by atoms with Gasteiger partial charge in [-0.3, -0.25) is 4.68 Å². The summed E-state index contributed by atoms with van der Waals surface area (Å²) < 4.78 is 2.10. The van der Waals surface area contributed by atoms with Gasteiger partial charge in [-0.05, 0) is 44.4 Å². The molecule has 0 saturated carbocycles. The monoisotopic (exact) mass is 257 g/mol. The second-order valence-corrected chi connectivity index (χ2v) is 5.31. The van der Waals surface area contributed by atoms with Crippen molar-refractivity contribution < 1.29 is 0 Å². The zero-order chi connectivity index (χ0) is 14.0. The molecule has 1 aromatic carbocycles. The number of aryl methyl sites for hydroxylation is 2. The van der Waals surface area contributed by atoms with E-state index in [1.54, 1.807) is 0 Å². The van der Waals surface area contributed by atoms with Crippen LogP contribution in [0.5, 0.6) is 0 Å². The van der Waals surface area contributed by atoms with Gasteiger partial charge in [0.25, 0.3) is 0 Å². The highest BCUT2D eigenvalue weighted by atomic mass is 15.3. The summed E-state index contributed by atoms with van der Waals surface area (Å²) in [5.74, 6) is 0.366. The highest BCUT2D eigenvalue weighted by Crippen LogP contribution is 2.23. The molecule has 0 aliphatic rings. The molecule has 2 N–H and O–H groups in total. The maximum atomic E-state index is 5.79. The summed E-state index contributed by atoms with van der Waals surface area (Å²) >= 11 is 0. The largest absolute Gasteiger partial charge is 0.330 e. The summed E-state index contributed by atoms with van der Waals surface area (Å²) in [4.78, 5) is 0. The van der Waals surface area contributed by atoms with Crippen molar-refractivity contribution in [3.63, 3.8) is 0 Å². The second kappa shape index (κ2) is 5.57. The van der Waals surface area contributed by atoms with Gasteiger partial charge in [-0.15, -0.1) is 0 Å². The molecule has 0 aliphatic heterocycles. The van der Waals surface area contributed by atoms with Crippen LogP contribution in [0.15, 0.2) is 24.3 Å². The van der Waals surface area contributed by atoms with Gasteiger partial charge in [0, 0.05) is 11.3 Å². The lowest BCUT2D eigenvalue weighted by Gasteiger charge is -2.11. The van der Waals surface area contributed by atoms with E-state index in [0.717, 1.165) is 12.2 Å². The lowest BCUT2D eigenvalue weighted by molar-refractivity contribution is 0.653. The van der Waals surface area contributed by atoms with Gasteiger partial charge in [0.2, 0.25) is 0 Å². The van der Waals surface area contributed by atoms with E-state index in [9.17, 15) is 0 Å². The van der Waals surface area contributed by atoms with Crippen LogP contribution in [0.4, 0.5) is 0 Å². The quantitative estimate of drug-likeness (QED) is 0.915. The van der Waals surface area contributed by atoms with Crippen LogP contribution >= 0.6 is 0 Å². The molecule has 0 fully saturated rings. The third-order valence-corrected chi connectivity index (χ3v) is 3.87. The van der Waals surface area contributed by atoms with Gasteiger partial charge in [0.05, 0.1) is 12.2 Å². The summed E-state index contributed by atoms with van der Waals surface area (Å²) in [6.45, 7) is 10.0. The summed E-state index contributed by atoms with van der Waals surface area (Å²) in [6, 6.07) is 8.46. The van der Waals surface area contributed by atoms with Crippen molar-refractivity contribution in [2.45, 2.75) is 40.2 Å². The average molecular weight is 257 g/mol. The standard InChI is InChI=1S/C16H23N3/c1-11-7-5-6-8-15(11)10-19-14(4)16(12(2)9-17)13(3)18-19/h5-8,12H,9-10,17H2,1-4H3. The van der Waals surface area contributed by atoms with Gasteiger partial charge in [-0.1, -0.05) is 31.2 Å². The minimum atomic E-state index is 0.366. The summed E-state index contributed by atoms with van der Waals surface area (Å²) in [5, 5.41) is 4.68. The smallest absolute Gasteiger partial charge is 0.0665 e. The maximum absolute atomic E-state index is 5.79. The van der Waals surface area contributed by atoms with E-state index in [2.05, 4.69) is 61.7 Å². The van der Waals surface area contributed by atoms with Crippen molar-refractivity contribution >= 4 is 0 Å². The van der Waals surface area contributed by atoms with Crippen molar-refractivity contribution in [3.05, 3.63) is 52.3 Å². The molecular formula is C16H23N3. The molecule has 3 nitrogen and oxygen atoms in total. The lowest BCUT2D eigenvalue weighted by atomic mass is 9.99. The summed E-state index contributed by atoms with van der Waals surface area (Å²) in [6.07, 6.45) is 0. The molecule has 0 bridgehead atoms. The minimum Gasteiger partial charge on any atom is -0.330 e. The number of nitrogens with two attached hydrogens (primary N) is 1. The fraction of sp³-hybridized carbons (Fsp3) is 0.438. The third kappa shape index (κ3) is 2.71. The first-order chi connectivity index (χ1) is 9.04. The van der Waals surface area contributed by atoms with Gasteiger partial charge in [-0.2, -0.15) is 5.10 Å². The molecule has 3 heteroatoms. The highest BCUT2D eigenvalue weighted by Gasteiger charge is 2.16. The maximum Gasteiger partial charge on any atom is 0.0665 e. The highest BCUT2D eigenvalue weighted by molar-refractivity contribution is 5.31. The van der Waals surface area contributed by atoms with Crippen LogP contribution in [0.3, 0.4) is 0 Å². The van der Waals surface area contributed by atoms with Crippen LogP contribution in [-0.4, -0.2) is 16.3 Å². The molecule has 0 radical (unpaired) electrons. The molecule has 1 unspecified atom stereocenters. The summed E-state index contributed by atoms with van der Waals surface area (Å²) in [7, 11) is 0. The van der Waals surface area contributed by atoms with E-state index >= 15 is 0 Å². The first-order valence-corrected chi connectivity index (χ1v) is 6.83. The molecule has 1 aromatic heterocycles. The van der Waals surface area contributed by atoms with Crippen molar-refractivity contribution in [1.29, 1.82) is 0 Å². The van der Waals surface area contributed by atoms with Gasteiger partial charge >= 0.3 is 0 Å². The molecule has 1 heterocycles. The number of hydrogen-bond acceptors (Lipinski definition) is 2. The van der Waals surface area contributed by atoms with E-state index in [4.69, 9.17) is 5.73 Å². The molecular weight excluding hydrogens is 234 g/mol. The van der Waals surface area contributed by atoms with Crippen LogP contribution in [0, 0.1) is 20.8 Å². The zero-order valence-corrected chi connectivity index (χ0v) is 12.3. The zero-order valence-electron chi connectivity index (χ0n) is 12.3. The fourth-order valence-electron chi connectivity index (χ4n) is 2.64. The van der Waals surface area contributed by atoms with Gasteiger partial charge in [-0.25, -0.2) is 0 Å². The Morgan fingerprint density at radius 1 is 1.21 bits per heavy atom. The fourth-order valence-corrected chi connectivity index (χ4v) is 2.64. The van der Waals surface area contributed by atoms with Crippen molar-refractivity contribution in [2.24, 2.45) is 5.73 Å². The van der Waals surface area contributed by atoms with Gasteiger partial charge in [0.1, 0.15) is 0 Å². The number of rotatable bonds is 4. The predicted molar refractivity (Wildman–Crippen MR) is 79.5 cm³/mol. The average Bonchev–Trinajstić information content (AvgIpc) is 2.66. The van der Waals surface area contributed by atoms with E-state index in [0.29, 0.717) is 12.5 Å². The Labute approximate surface area is 115 Å². The van der Waals surface area contributed by atoms with Crippen molar-refractivity contribution in [2.75, 3.05) is 6.54 Å². The number of nitrogens with zero attached hydrogens (tertiary/aromatic N) is 2. The Morgan fingerprint density at radius 2 is 1.89 bits per heavy atom. The van der Waals surface area contributed by atoms with Crippen LogP contribution < -0.4 is 5.73 Å². The number of benzene rings is 1. The van der Waals surface area contributed by atoms with E-state index in [1.807, 2.05) is 0 Å². The summed E-state index contributed by atoms with van der Waals surface area (Å²) in [5.41, 5.74) is 12.1. The Kier molecular flexibility index (Phi) is 4.05. The molecule has 2 rings (SSSR count). The minimum absolute atomic E-state index is 0.366. The number of hydrogen-bond donors (Lipinski definition) is 1. The molecule has 0 aliphatic carbocycles. The second-order valence-electron chi connectivity index (χ2n) is 5.31. The van der Waals surface area contributed by atoms with Crippen LogP contribution in [0.1, 0.15) is 40.9 Å². The molecule has 0 amide bonds. The molecule has 19 heavy (non-hydrogen) atoms. The van der Waals surface area contributed by atoms with Crippen LogP contribution in [-0.2, 0) is 6.54 Å². The molecule has 2 aromatic rings. The molecule has 0 saturated heterocycles. The SMILES string of the molecule is Cc1ccccc1Cn1nc(C)c(C(C)CN)c1C. The first kappa shape index (κ1) is 13.8. The Balaban J connectivity index is 2.35.